The minimum Gasteiger partial charge on any atom is -0.508 e. The highest BCUT2D eigenvalue weighted by atomic mass is 16.5. The van der Waals surface area contributed by atoms with Crippen LogP contribution < -0.4 is 10.1 Å². The van der Waals surface area contributed by atoms with Gasteiger partial charge < -0.3 is 15.2 Å². The normalized spacial score (nSPS) is 14.0. The van der Waals surface area contributed by atoms with Gasteiger partial charge in [-0.15, -0.1) is 0 Å². The number of ketones is 1. The molecule has 0 aromatic heterocycles. The Bertz CT molecular complexity index is 1130. The molecule has 0 atom stereocenters. The fourth-order valence-electron chi connectivity index (χ4n) is 3.39. The molecule has 29 heavy (non-hydrogen) atoms. The van der Waals surface area contributed by atoms with Crippen LogP contribution in [0.4, 0.5) is 5.69 Å². The van der Waals surface area contributed by atoms with Gasteiger partial charge in [-0.2, -0.15) is 0 Å². The van der Waals surface area contributed by atoms with Crippen molar-refractivity contribution in [2.24, 2.45) is 0 Å². The topological polar surface area (TPSA) is 75.6 Å². The number of carbonyl (C=O) groups excluding carboxylic acids is 2. The Labute approximate surface area is 168 Å². The van der Waals surface area contributed by atoms with Crippen molar-refractivity contribution in [3.63, 3.8) is 0 Å². The minimum atomic E-state index is -0.230. The standard InChI is InChI=1S/C24H19NO4/c1-29-19-10-8-16(9-11-19)24(28)25-18-5-2-4-15(13-18)12-17-14-21-20(23(17)27)6-3-7-22(21)26/h2-13,26H,14H2,1H3,(H,25,28). The molecule has 0 heterocycles. The predicted molar refractivity (Wildman–Crippen MR) is 112 cm³/mol. The van der Waals surface area contributed by atoms with Gasteiger partial charge in [-0.1, -0.05) is 24.3 Å². The van der Waals surface area contributed by atoms with Gasteiger partial charge in [0.1, 0.15) is 11.5 Å². The number of amides is 1. The summed E-state index contributed by atoms with van der Waals surface area (Å²) in [7, 11) is 1.57. The van der Waals surface area contributed by atoms with Crippen molar-refractivity contribution in [3.8, 4) is 11.5 Å². The van der Waals surface area contributed by atoms with Crippen LogP contribution in [0.15, 0.2) is 72.3 Å². The van der Waals surface area contributed by atoms with Gasteiger partial charge in [0.05, 0.1) is 7.11 Å². The number of hydrogen-bond acceptors (Lipinski definition) is 4. The molecule has 144 valence electrons. The second-order valence-electron chi connectivity index (χ2n) is 6.79. The average Bonchev–Trinajstić information content (AvgIpc) is 3.05. The molecule has 4 rings (SSSR count). The fourth-order valence-corrected chi connectivity index (χ4v) is 3.39. The van der Waals surface area contributed by atoms with Gasteiger partial charge in [0.25, 0.3) is 5.91 Å². The van der Waals surface area contributed by atoms with Crippen LogP contribution in [0.5, 0.6) is 11.5 Å². The van der Waals surface area contributed by atoms with Gasteiger partial charge in [-0.25, -0.2) is 0 Å². The summed E-state index contributed by atoms with van der Waals surface area (Å²) in [6.07, 6.45) is 2.19. The van der Waals surface area contributed by atoms with Crippen LogP contribution in [0.2, 0.25) is 0 Å². The number of phenols is 1. The van der Waals surface area contributed by atoms with Crippen molar-refractivity contribution in [2.75, 3.05) is 12.4 Å². The van der Waals surface area contributed by atoms with Crippen molar-refractivity contribution in [3.05, 3.63) is 94.6 Å². The Morgan fingerprint density at radius 2 is 1.83 bits per heavy atom. The molecule has 3 aromatic rings. The van der Waals surface area contributed by atoms with E-state index in [2.05, 4.69) is 5.32 Å². The number of rotatable bonds is 4. The molecule has 0 saturated heterocycles. The Kier molecular flexibility index (Phi) is 4.87. The first-order valence-corrected chi connectivity index (χ1v) is 9.17. The molecule has 5 nitrogen and oxygen atoms in total. The predicted octanol–water partition coefficient (Wildman–Crippen LogP) is 4.48. The number of benzene rings is 3. The number of hydrogen-bond donors (Lipinski definition) is 2. The number of phenolic OH excluding ortho intramolecular Hbond substituents is 1. The van der Waals surface area contributed by atoms with E-state index in [9.17, 15) is 14.7 Å². The lowest BCUT2D eigenvalue weighted by molar-refractivity contribution is 0.102. The second kappa shape index (κ2) is 7.64. The number of aromatic hydroxyl groups is 1. The number of fused-ring (bicyclic) bond motifs is 1. The summed E-state index contributed by atoms with van der Waals surface area (Å²) in [5.41, 5.74) is 3.76. The Morgan fingerprint density at radius 3 is 2.55 bits per heavy atom. The number of nitrogens with one attached hydrogen (secondary N) is 1. The molecule has 0 aliphatic heterocycles. The van der Waals surface area contributed by atoms with E-state index in [1.165, 1.54) is 0 Å². The molecule has 1 aliphatic carbocycles. The first kappa shape index (κ1) is 18.5. The Balaban J connectivity index is 1.53. The Hall–Kier alpha value is -3.86. The van der Waals surface area contributed by atoms with Gasteiger partial charge in [0.2, 0.25) is 0 Å². The average molecular weight is 385 g/mol. The van der Waals surface area contributed by atoms with E-state index in [4.69, 9.17) is 4.74 Å². The summed E-state index contributed by atoms with van der Waals surface area (Å²) in [6, 6.07) is 19.1. The maximum atomic E-state index is 12.6. The molecule has 3 aromatic carbocycles. The molecule has 1 aliphatic rings. The maximum absolute atomic E-state index is 12.6. The molecule has 0 unspecified atom stereocenters. The van der Waals surface area contributed by atoms with Gasteiger partial charge in [0.15, 0.2) is 5.78 Å². The Morgan fingerprint density at radius 1 is 1.07 bits per heavy atom. The first-order chi connectivity index (χ1) is 14.0. The second-order valence-corrected chi connectivity index (χ2v) is 6.79. The molecule has 1 amide bonds. The summed E-state index contributed by atoms with van der Waals surface area (Å²) in [5, 5.41) is 12.8. The monoisotopic (exact) mass is 385 g/mol. The number of anilines is 1. The van der Waals surface area contributed by atoms with Crippen LogP contribution in [0, 0.1) is 0 Å². The van der Waals surface area contributed by atoms with E-state index in [1.807, 2.05) is 18.2 Å². The lowest BCUT2D eigenvalue weighted by atomic mass is 10.1. The fraction of sp³-hybridized carbons (Fsp3) is 0.0833. The van der Waals surface area contributed by atoms with E-state index in [0.717, 1.165) is 5.56 Å². The summed E-state index contributed by atoms with van der Waals surface area (Å²) < 4.78 is 5.10. The highest BCUT2D eigenvalue weighted by molar-refractivity contribution is 6.16. The van der Waals surface area contributed by atoms with E-state index >= 15 is 0 Å². The molecular weight excluding hydrogens is 366 g/mol. The van der Waals surface area contributed by atoms with Crippen molar-refractivity contribution >= 4 is 23.5 Å². The minimum absolute atomic E-state index is 0.0800. The molecule has 0 radical (unpaired) electrons. The largest absolute Gasteiger partial charge is 0.508 e. The zero-order chi connectivity index (χ0) is 20.4. The maximum Gasteiger partial charge on any atom is 0.255 e. The van der Waals surface area contributed by atoms with Gasteiger partial charge in [0, 0.05) is 34.4 Å². The number of methoxy groups -OCH3 is 1. The van der Waals surface area contributed by atoms with Crippen molar-refractivity contribution in [1.82, 2.24) is 0 Å². The van der Waals surface area contributed by atoms with Gasteiger partial charge >= 0.3 is 0 Å². The van der Waals surface area contributed by atoms with Crippen LogP contribution in [0.3, 0.4) is 0 Å². The van der Waals surface area contributed by atoms with Crippen LogP contribution in [0.1, 0.15) is 31.8 Å². The zero-order valence-corrected chi connectivity index (χ0v) is 15.8. The molecule has 0 spiro atoms. The van der Waals surface area contributed by atoms with E-state index in [-0.39, 0.29) is 17.4 Å². The van der Waals surface area contributed by atoms with E-state index in [0.29, 0.717) is 40.1 Å². The lowest BCUT2D eigenvalue weighted by Gasteiger charge is -2.07. The molecule has 2 N–H and O–H groups in total. The third-order valence-corrected chi connectivity index (χ3v) is 4.89. The molecular formula is C24H19NO4. The SMILES string of the molecule is COc1ccc(C(=O)Nc2cccc(C=C3Cc4c(O)cccc4C3=O)c2)cc1. The summed E-state index contributed by atoms with van der Waals surface area (Å²) in [4.78, 5) is 25.1. The summed E-state index contributed by atoms with van der Waals surface area (Å²) in [6.45, 7) is 0. The first-order valence-electron chi connectivity index (χ1n) is 9.17. The zero-order valence-electron chi connectivity index (χ0n) is 15.8. The molecule has 0 fully saturated rings. The number of Topliss-reactive ketones (excluding diaryl/α,β-unsaturated/α-hetero) is 1. The lowest BCUT2D eigenvalue weighted by Crippen LogP contribution is -2.11. The molecule has 0 bridgehead atoms. The summed E-state index contributed by atoms with van der Waals surface area (Å²) >= 11 is 0. The highest BCUT2D eigenvalue weighted by Crippen LogP contribution is 2.33. The van der Waals surface area contributed by atoms with Crippen molar-refractivity contribution < 1.29 is 19.4 Å². The van der Waals surface area contributed by atoms with E-state index < -0.39 is 0 Å². The van der Waals surface area contributed by atoms with E-state index in [1.54, 1.807) is 61.7 Å². The van der Waals surface area contributed by atoms with Crippen molar-refractivity contribution in [2.45, 2.75) is 6.42 Å². The number of carbonyl (C=O) groups is 2. The number of allylic oxidation sites excluding steroid dienone is 1. The van der Waals surface area contributed by atoms with Crippen LogP contribution in [0.25, 0.3) is 6.08 Å². The highest BCUT2D eigenvalue weighted by Gasteiger charge is 2.26. The molecule has 5 heteroatoms. The third kappa shape index (κ3) is 3.75. The smallest absolute Gasteiger partial charge is 0.255 e. The van der Waals surface area contributed by atoms with Crippen LogP contribution in [-0.4, -0.2) is 23.9 Å². The quantitative estimate of drug-likeness (QED) is 0.650. The van der Waals surface area contributed by atoms with Gasteiger partial charge in [-0.05, 0) is 54.1 Å². The molecule has 0 saturated carbocycles. The van der Waals surface area contributed by atoms with Crippen molar-refractivity contribution in [1.29, 1.82) is 0 Å². The van der Waals surface area contributed by atoms with Crippen LogP contribution >= 0.6 is 0 Å². The number of ether oxygens (including phenoxy) is 1. The third-order valence-electron chi connectivity index (χ3n) is 4.89. The van der Waals surface area contributed by atoms with Crippen LogP contribution in [-0.2, 0) is 6.42 Å². The summed E-state index contributed by atoms with van der Waals surface area (Å²) in [5.74, 6) is 0.512. The van der Waals surface area contributed by atoms with Gasteiger partial charge in [-0.3, -0.25) is 9.59 Å².